The standard InChI is InChI=1S/C16H16N2O4S2/c1-3-10-24(19,20)22-21-18-16-14(8-9-23-16)15(11-17)13-7-5-4-6-12(13)2/h4-9H,3,10H2,1-2H3/b15-14+,18-16-. The van der Waals surface area contributed by atoms with E-state index in [-0.39, 0.29) is 5.75 Å². The van der Waals surface area contributed by atoms with Crippen LogP contribution in [0.2, 0.25) is 0 Å². The van der Waals surface area contributed by atoms with E-state index in [0.29, 0.717) is 22.6 Å². The summed E-state index contributed by atoms with van der Waals surface area (Å²) in [4.78, 5) is 4.52. The van der Waals surface area contributed by atoms with Gasteiger partial charge < -0.3 is 0 Å². The topological polar surface area (TPSA) is 88.8 Å². The molecule has 1 heterocycles. The van der Waals surface area contributed by atoms with Crippen LogP contribution in [-0.2, 0) is 19.4 Å². The molecule has 0 atom stereocenters. The molecule has 1 aliphatic heterocycles. The minimum Gasteiger partial charge on any atom is -0.202 e. The molecule has 1 aliphatic rings. The first-order valence-electron chi connectivity index (χ1n) is 7.18. The molecule has 8 heteroatoms. The fraction of sp³-hybridized carbons (Fsp3) is 0.250. The largest absolute Gasteiger partial charge is 0.305 e. The van der Waals surface area contributed by atoms with Gasteiger partial charge in [-0.2, -0.15) is 13.7 Å². The second-order valence-corrected chi connectivity index (χ2v) is 7.49. The minimum atomic E-state index is -3.77. The van der Waals surface area contributed by atoms with Gasteiger partial charge in [0.25, 0.3) is 0 Å². The fourth-order valence-electron chi connectivity index (χ4n) is 2.06. The summed E-state index contributed by atoms with van der Waals surface area (Å²) in [5.74, 6) is -0.154. The Morgan fingerprint density at radius 2 is 2.12 bits per heavy atom. The predicted octanol–water partition coefficient (Wildman–Crippen LogP) is 3.53. The van der Waals surface area contributed by atoms with Crippen LogP contribution in [-0.4, -0.2) is 19.2 Å². The highest BCUT2D eigenvalue weighted by molar-refractivity contribution is 8.17. The first-order valence-corrected chi connectivity index (χ1v) is 9.64. The van der Waals surface area contributed by atoms with Crippen molar-refractivity contribution in [3.8, 4) is 6.07 Å². The fourth-order valence-corrected chi connectivity index (χ4v) is 3.46. The van der Waals surface area contributed by atoms with Gasteiger partial charge in [-0.05, 0) is 45.4 Å². The predicted molar refractivity (Wildman–Crippen MR) is 94.1 cm³/mol. The molecule has 126 valence electrons. The number of benzene rings is 1. The summed E-state index contributed by atoms with van der Waals surface area (Å²) in [6.07, 6.45) is 2.15. The van der Waals surface area contributed by atoms with Gasteiger partial charge in [0.2, 0.25) is 0 Å². The zero-order chi connectivity index (χ0) is 17.6. The maximum Gasteiger partial charge on any atom is 0.305 e. The molecule has 0 unspecified atom stereocenters. The lowest BCUT2D eigenvalue weighted by molar-refractivity contribution is -0.201. The first kappa shape index (κ1) is 18.3. The molecule has 0 radical (unpaired) electrons. The quantitative estimate of drug-likeness (QED) is 0.436. The maximum atomic E-state index is 11.4. The Kier molecular flexibility index (Phi) is 6.20. The van der Waals surface area contributed by atoms with Crippen LogP contribution in [0.4, 0.5) is 0 Å². The molecule has 2 rings (SSSR count). The molecular formula is C16H16N2O4S2. The van der Waals surface area contributed by atoms with Crippen LogP contribution >= 0.6 is 11.8 Å². The number of rotatable bonds is 6. The molecule has 0 amide bonds. The highest BCUT2D eigenvalue weighted by atomic mass is 32.2. The lowest BCUT2D eigenvalue weighted by atomic mass is 9.97. The molecule has 0 fully saturated rings. The van der Waals surface area contributed by atoms with Crippen molar-refractivity contribution in [1.82, 2.24) is 0 Å². The Hall–Kier alpha value is -2.08. The van der Waals surface area contributed by atoms with Gasteiger partial charge in [-0.15, -0.1) is 0 Å². The second kappa shape index (κ2) is 8.15. The van der Waals surface area contributed by atoms with E-state index in [1.54, 1.807) is 18.4 Å². The van der Waals surface area contributed by atoms with Crippen LogP contribution in [0.3, 0.4) is 0 Å². The molecule has 6 nitrogen and oxygen atoms in total. The number of aryl methyl sites for hydroxylation is 1. The van der Waals surface area contributed by atoms with Crippen molar-refractivity contribution in [2.45, 2.75) is 20.3 Å². The van der Waals surface area contributed by atoms with Gasteiger partial charge in [0, 0.05) is 5.57 Å². The molecule has 0 bridgehead atoms. The van der Waals surface area contributed by atoms with E-state index >= 15 is 0 Å². The van der Waals surface area contributed by atoms with Crippen molar-refractivity contribution in [2.75, 3.05) is 5.75 Å². The van der Waals surface area contributed by atoms with Crippen molar-refractivity contribution >= 4 is 32.5 Å². The van der Waals surface area contributed by atoms with Gasteiger partial charge in [0.1, 0.15) is 6.07 Å². The van der Waals surface area contributed by atoms with E-state index in [2.05, 4.69) is 20.5 Å². The maximum absolute atomic E-state index is 11.4. The van der Waals surface area contributed by atoms with Gasteiger partial charge in [-0.25, -0.2) is 4.99 Å². The lowest BCUT2D eigenvalue weighted by Crippen LogP contribution is -2.09. The number of oxime groups is 1. The van der Waals surface area contributed by atoms with E-state index in [4.69, 9.17) is 0 Å². The van der Waals surface area contributed by atoms with E-state index < -0.39 is 10.1 Å². The lowest BCUT2D eigenvalue weighted by Gasteiger charge is -2.07. The van der Waals surface area contributed by atoms with E-state index in [0.717, 1.165) is 11.1 Å². The van der Waals surface area contributed by atoms with Crippen LogP contribution < -0.4 is 0 Å². The SMILES string of the molecule is CCCS(=O)(=O)OO/N=C1\SC=C\C1=C(\C#N)c1ccccc1C. The van der Waals surface area contributed by atoms with Gasteiger partial charge in [-0.1, -0.05) is 43.0 Å². The van der Waals surface area contributed by atoms with Crippen molar-refractivity contribution in [2.24, 2.45) is 5.16 Å². The number of allylic oxidation sites excluding steroid dienone is 2. The summed E-state index contributed by atoms with van der Waals surface area (Å²) < 4.78 is 27.2. The molecule has 1 aromatic carbocycles. The molecule has 24 heavy (non-hydrogen) atoms. The molecule has 0 N–H and O–H groups in total. The van der Waals surface area contributed by atoms with E-state index in [1.165, 1.54) is 11.8 Å². The summed E-state index contributed by atoms with van der Waals surface area (Å²) >= 11 is 1.22. The Labute approximate surface area is 145 Å². The second-order valence-electron chi connectivity index (χ2n) is 4.94. The Balaban J connectivity index is 2.28. The van der Waals surface area contributed by atoms with Crippen molar-refractivity contribution in [3.63, 3.8) is 0 Å². The minimum absolute atomic E-state index is 0.154. The van der Waals surface area contributed by atoms with Crippen LogP contribution in [0.25, 0.3) is 5.57 Å². The third-order valence-corrected chi connectivity index (χ3v) is 5.12. The number of hydrogen-bond donors (Lipinski definition) is 0. The summed E-state index contributed by atoms with van der Waals surface area (Å²) in [5.41, 5.74) is 2.74. The molecule has 0 saturated heterocycles. The van der Waals surface area contributed by atoms with Crippen LogP contribution in [0, 0.1) is 18.3 Å². The third kappa shape index (κ3) is 4.47. The molecule has 0 aliphatic carbocycles. The van der Waals surface area contributed by atoms with E-state index in [1.807, 2.05) is 31.2 Å². The van der Waals surface area contributed by atoms with Gasteiger partial charge >= 0.3 is 10.1 Å². The Morgan fingerprint density at radius 1 is 1.38 bits per heavy atom. The number of thioether (sulfide) groups is 1. The molecular weight excluding hydrogens is 348 g/mol. The van der Waals surface area contributed by atoms with Crippen molar-refractivity contribution in [1.29, 1.82) is 5.26 Å². The molecule has 0 aromatic heterocycles. The summed E-state index contributed by atoms with van der Waals surface area (Å²) in [6.45, 7) is 3.62. The van der Waals surface area contributed by atoms with Crippen LogP contribution in [0.15, 0.2) is 46.5 Å². The summed E-state index contributed by atoms with van der Waals surface area (Å²) in [7, 11) is -3.77. The number of nitriles is 1. The highest BCUT2D eigenvalue weighted by Crippen LogP contribution is 2.31. The van der Waals surface area contributed by atoms with Gasteiger partial charge in [0.05, 0.1) is 11.3 Å². The van der Waals surface area contributed by atoms with E-state index in [9.17, 15) is 13.7 Å². The smallest absolute Gasteiger partial charge is 0.202 e. The van der Waals surface area contributed by atoms with Crippen molar-refractivity contribution in [3.05, 3.63) is 52.4 Å². The number of hydrogen-bond acceptors (Lipinski definition) is 7. The van der Waals surface area contributed by atoms with Crippen molar-refractivity contribution < 1.29 is 17.7 Å². The molecule has 0 saturated carbocycles. The average Bonchev–Trinajstić information content (AvgIpc) is 2.98. The van der Waals surface area contributed by atoms with Crippen LogP contribution in [0.1, 0.15) is 24.5 Å². The zero-order valence-corrected chi connectivity index (χ0v) is 14.9. The summed E-state index contributed by atoms with van der Waals surface area (Å²) in [5, 5.41) is 15.3. The van der Waals surface area contributed by atoms with Gasteiger partial charge in [0.15, 0.2) is 5.04 Å². The average molecular weight is 364 g/mol. The third-order valence-electron chi connectivity index (χ3n) is 3.15. The highest BCUT2D eigenvalue weighted by Gasteiger charge is 2.20. The Bertz CT molecular complexity index is 849. The number of nitrogens with zero attached hydrogens (tertiary/aromatic N) is 2. The van der Waals surface area contributed by atoms with Gasteiger partial charge in [-0.3, -0.25) is 0 Å². The van der Waals surface area contributed by atoms with Crippen LogP contribution in [0.5, 0.6) is 0 Å². The monoisotopic (exact) mass is 364 g/mol. The Morgan fingerprint density at radius 3 is 2.79 bits per heavy atom. The molecule has 1 aromatic rings. The first-order chi connectivity index (χ1) is 11.5. The normalized spacial score (nSPS) is 17.8. The summed E-state index contributed by atoms with van der Waals surface area (Å²) in [6, 6.07) is 9.67. The zero-order valence-electron chi connectivity index (χ0n) is 13.2. The molecule has 0 spiro atoms.